The molecule has 8 heteroatoms. The van der Waals surface area contributed by atoms with Crippen molar-refractivity contribution in [2.45, 2.75) is 44.4 Å². The Labute approximate surface area is 122 Å². The first-order valence-electron chi connectivity index (χ1n) is 6.37. The van der Waals surface area contributed by atoms with E-state index in [9.17, 15) is 21.6 Å². The molecule has 0 atom stereocenters. The van der Waals surface area contributed by atoms with Crippen molar-refractivity contribution in [1.29, 1.82) is 0 Å². The molecule has 0 aromatic heterocycles. The van der Waals surface area contributed by atoms with Crippen LogP contribution in [0.25, 0.3) is 0 Å². The lowest BCUT2D eigenvalue weighted by Crippen LogP contribution is -2.43. The summed E-state index contributed by atoms with van der Waals surface area (Å²) in [6.07, 6.45) is -4.60. The molecule has 1 rings (SSSR count). The summed E-state index contributed by atoms with van der Waals surface area (Å²) < 4.78 is 63.1. The smallest absolute Gasteiger partial charge is 0.326 e. The quantitative estimate of drug-likeness (QED) is 0.905. The molecule has 0 heterocycles. The molecule has 2 N–H and O–H groups in total. The van der Waals surface area contributed by atoms with Gasteiger partial charge in [-0.2, -0.15) is 17.5 Å². The van der Waals surface area contributed by atoms with Crippen LogP contribution >= 0.6 is 0 Å². The number of hydrogen-bond acceptors (Lipinski definition) is 3. The van der Waals surface area contributed by atoms with Gasteiger partial charge >= 0.3 is 6.18 Å². The molecule has 0 amide bonds. The van der Waals surface area contributed by atoms with E-state index in [1.165, 1.54) is 26.0 Å². The molecule has 4 nitrogen and oxygen atoms in total. The number of nitrogens with zero attached hydrogens (tertiary/aromatic N) is 1. The van der Waals surface area contributed by atoms with E-state index in [-0.39, 0.29) is 11.4 Å². The third kappa shape index (κ3) is 4.42. The van der Waals surface area contributed by atoms with Gasteiger partial charge in [0.2, 0.25) is 10.0 Å². The molecule has 0 saturated carbocycles. The Kier molecular flexibility index (Phi) is 5.40. The topological polar surface area (TPSA) is 63.4 Å². The predicted octanol–water partition coefficient (Wildman–Crippen LogP) is 2.42. The van der Waals surface area contributed by atoms with Crippen LogP contribution in [0.15, 0.2) is 23.1 Å². The van der Waals surface area contributed by atoms with Gasteiger partial charge in [0.25, 0.3) is 0 Å². The van der Waals surface area contributed by atoms with Crippen LogP contribution < -0.4 is 5.73 Å². The van der Waals surface area contributed by atoms with Gasteiger partial charge in [-0.1, -0.05) is 6.07 Å². The lowest BCUT2D eigenvalue weighted by molar-refractivity contribution is -0.138. The Bertz CT molecular complexity index is 598. The van der Waals surface area contributed by atoms with Crippen molar-refractivity contribution in [2.75, 3.05) is 6.54 Å². The molecule has 1 aromatic rings. The zero-order valence-electron chi connectivity index (χ0n) is 12.1. The number of rotatable bonds is 5. The SMILES string of the molecule is Cc1ccc(S(=O)(=O)N(CC(F)(F)F)C(C)C)cc1CN. The van der Waals surface area contributed by atoms with E-state index in [2.05, 4.69) is 0 Å². The van der Waals surface area contributed by atoms with Gasteiger partial charge in [0.1, 0.15) is 6.54 Å². The van der Waals surface area contributed by atoms with Gasteiger partial charge in [0.05, 0.1) is 4.90 Å². The largest absolute Gasteiger partial charge is 0.402 e. The maximum Gasteiger partial charge on any atom is 0.402 e. The van der Waals surface area contributed by atoms with Crippen LogP contribution in [-0.4, -0.2) is 31.5 Å². The Morgan fingerprint density at radius 1 is 1.29 bits per heavy atom. The van der Waals surface area contributed by atoms with Crippen molar-refractivity contribution in [3.8, 4) is 0 Å². The van der Waals surface area contributed by atoms with Crippen LogP contribution in [0.2, 0.25) is 0 Å². The highest BCUT2D eigenvalue weighted by Crippen LogP contribution is 2.25. The number of aryl methyl sites for hydroxylation is 1. The van der Waals surface area contributed by atoms with Gasteiger partial charge in [-0.05, 0) is 44.0 Å². The molecule has 0 radical (unpaired) electrons. The summed E-state index contributed by atoms with van der Waals surface area (Å²) in [5.74, 6) is 0. The average molecular weight is 324 g/mol. The first-order chi connectivity index (χ1) is 9.49. The van der Waals surface area contributed by atoms with Crippen LogP contribution in [-0.2, 0) is 16.6 Å². The van der Waals surface area contributed by atoms with Crippen LogP contribution in [0.5, 0.6) is 0 Å². The second kappa shape index (κ2) is 6.33. The third-order valence-corrected chi connectivity index (χ3v) is 5.08. The summed E-state index contributed by atoms with van der Waals surface area (Å²) >= 11 is 0. The fraction of sp³-hybridized carbons (Fsp3) is 0.538. The molecule has 0 unspecified atom stereocenters. The highest BCUT2D eigenvalue weighted by atomic mass is 32.2. The zero-order chi connectivity index (χ0) is 16.4. The molecule has 120 valence electrons. The number of alkyl halides is 3. The normalized spacial score (nSPS) is 13.2. The molecule has 0 bridgehead atoms. The standard InChI is InChI=1S/C13H19F3N2O2S/c1-9(2)18(8-13(14,15)16)21(19,20)12-5-4-10(3)11(6-12)7-17/h4-6,9H,7-8,17H2,1-3H3. The van der Waals surface area contributed by atoms with E-state index in [0.29, 0.717) is 9.87 Å². The minimum absolute atomic E-state index is 0.121. The Hall–Kier alpha value is -1.12. The van der Waals surface area contributed by atoms with Gasteiger partial charge in [-0.25, -0.2) is 8.42 Å². The van der Waals surface area contributed by atoms with Crippen molar-refractivity contribution in [2.24, 2.45) is 5.73 Å². The molecule has 0 fully saturated rings. The van der Waals surface area contributed by atoms with E-state index in [0.717, 1.165) is 5.56 Å². The van der Waals surface area contributed by atoms with Crippen LogP contribution in [0.4, 0.5) is 13.2 Å². The van der Waals surface area contributed by atoms with E-state index in [1.54, 1.807) is 13.0 Å². The first kappa shape index (κ1) is 17.9. The van der Waals surface area contributed by atoms with Crippen molar-refractivity contribution in [3.63, 3.8) is 0 Å². The van der Waals surface area contributed by atoms with Crippen LogP contribution in [0, 0.1) is 6.92 Å². The Balaban J connectivity index is 3.29. The molecule has 0 aliphatic rings. The highest BCUT2D eigenvalue weighted by molar-refractivity contribution is 7.89. The number of halogens is 3. The zero-order valence-corrected chi connectivity index (χ0v) is 12.9. The van der Waals surface area contributed by atoms with Gasteiger partial charge in [0.15, 0.2) is 0 Å². The summed E-state index contributed by atoms with van der Waals surface area (Å²) in [5.41, 5.74) is 6.90. The fourth-order valence-electron chi connectivity index (χ4n) is 1.89. The number of sulfonamides is 1. The third-order valence-electron chi connectivity index (χ3n) is 3.06. The van der Waals surface area contributed by atoms with Crippen molar-refractivity contribution >= 4 is 10.0 Å². The maximum absolute atomic E-state index is 12.6. The second-order valence-corrected chi connectivity index (χ2v) is 6.94. The molecule has 0 aliphatic carbocycles. The Morgan fingerprint density at radius 2 is 1.86 bits per heavy atom. The minimum Gasteiger partial charge on any atom is -0.326 e. The molecule has 1 aromatic carbocycles. The summed E-state index contributed by atoms with van der Waals surface area (Å²) in [6.45, 7) is 3.17. The van der Waals surface area contributed by atoms with E-state index < -0.39 is 28.8 Å². The summed E-state index contributed by atoms with van der Waals surface area (Å²) in [4.78, 5) is -0.175. The second-order valence-electron chi connectivity index (χ2n) is 5.05. The highest BCUT2D eigenvalue weighted by Gasteiger charge is 2.38. The van der Waals surface area contributed by atoms with E-state index in [1.807, 2.05) is 0 Å². The molecular weight excluding hydrogens is 305 g/mol. The molecule has 0 spiro atoms. The van der Waals surface area contributed by atoms with E-state index >= 15 is 0 Å². The number of benzene rings is 1. The van der Waals surface area contributed by atoms with Gasteiger partial charge in [-0.15, -0.1) is 0 Å². The van der Waals surface area contributed by atoms with Gasteiger partial charge in [-0.3, -0.25) is 0 Å². The van der Waals surface area contributed by atoms with Crippen LogP contribution in [0.1, 0.15) is 25.0 Å². The molecule has 21 heavy (non-hydrogen) atoms. The fourth-order valence-corrected chi connectivity index (χ4v) is 3.56. The minimum atomic E-state index is -4.60. The van der Waals surface area contributed by atoms with Gasteiger partial charge in [0, 0.05) is 12.6 Å². The summed E-state index contributed by atoms with van der Waals surface area (Å²) in [7, 11) is -4.23. The maximum atomic E-state index is 12.6. The molecular formula is C13H19F3N2O2S. The van der Waals surface area contributed by atoms with Gasteiger partial charge < -0.3 is 5.73 Å². The number of nitrogens with two attached hydrogens (primary N) is 1. The molecule has 0 saturated heterocycles. The lowest BCUT2D eigenvalue weighted by atomic mass is 10.1. The summed E-state index contributed by atoms with van der Waals surface area (Å²) in [6, 6.07) is 3.37. The first-order valence-corrected chi connectivity index (χ1v) is 7.81. The summed E-state index contributed by atoms with van der Waals surface area (Å²) in [5, 5.41) is 0. The van der Waals surface area contributed by atoms with Crippen molar-refractivity contribution in [3.05, 3.63) is 29.3 Å². The average Bonchev–Trinajstić information content (AvgIpc) is 2.34. The Morgan fingerprint density at radius 3 is 2.29 bits per heavy atom. The van der Waals surface area contributed by atoms with Crippen LogP contribution in [0.3, 0.4) is 0 Å². The predicted molar refractivity (Wildman–Crippen MR) is 74.2 cm³/mol. The lowest BCUT2D eigenvalue weighted by Gasteiger charge is -2.27. The van der Waals surface area contributed by atoms with Crippen molar-refractivity contribution in [1.82, 2.24) is 4.31 Å². The molecule has 0 aliphatic heterocycles. The van der Waals surface area contributed by atoms with Crippen molar-refractivity contribution < 1.29 is 21.6 Å². The number of hydrogen-bond donors (Lipinski definition) is 1. The van der Waals surface area contributed by atoms with E-state index in [4.69, 9.17) is 5.73 Å². The monoisotopic (exact) mass is 324 g/mol.